The third-order valence-electron chi connectivity index (χ3n) is 3.94. The molecule has 128 valence electrons. The number of carboxylic acid groups (broad SMARTS) is 1. The second-order valence-electron chi connectivity index (χ2n) is 5.58. The molecule has 0 heterocycles. The molecule has 0 aliphatic rings. The van der Waals surface area contributed by atoms with Crippen molar-refractivity contribution in [2.45, 2.75) is 26.2 Å². The molecule has 2 aromatic rings. The molecule has 0 aliphatic carbocycles. The average Bonchev–Trinajstić information content (AvgIpc) is 2.54. The van der Waals surface area contributed by atoms with E-state index in [0.717, 1.165) is 11.1 Å². The monoisotopic (exact) mass is 349 g/mol. The van der Waals surface area contributed by atoms with Gasteiger partial charge in [0.1, 0.15) is 5.82 Å². The van der Waals surface area contributed by atoms with Gasteiger partial charge in [0.05, 0.1) is 6.42 Å². The molecule has 1 atom stereocenters. The van der Waals surface area contributed by atoms with Crippen LogP contribution in [-0.2, 0) is 11.2 Å². The predicted octanol–water partition coefficient (Wildman–Crippen LogP) is 4.71. The highest BCUT2D eigenvalue weighted by atomic mass is 35.5. The van der Waals surface area contributed by atoms with E-state index in [9.17, 15) is 9.18 Å². The fourth-order valence-corrected chi connectivity index (χ4v) is 2.56. The summed E-state index contributed by atoms with van der Waals surface area (Å²) in [5, 5.41) is 17.1. The Labute approximate surface area is 147 Å². The van der Waals surface area contributed by atoms with Gasteiger partial charge in [-0.2, -0.15) is 0 Å². The van der Waals surface area contributed by atoms with Gasteiger partial charge in [0.25, 0.3) is 0 Å². The normalized spacial score (nSPS) is 11.4. The maximum absolute atomic E-state index is 13.7. The highest BCUT2D eigenvalue weighted by Crippen LogP contribution is 2.18. The van der Waals surface area contributed by atoms with Gasteiger partial charge in [-0.15, -0.1) is 12.4 Å². The quantitative estimate of drug-likeness (QED) is 0.711. The number of hydrogen-bond acceptors (Lipinski definition) is 2. The fraction of sp³-hybridized carbons (Fsp3) is 0.263. The number of benzene rings is 2. The lowest BCUT2D eigenvalue weighted by Crippen LogP contribution is -2.18. The van der Waals surface area contributed by atoms with Crippen molar-refractivity contribution in [3.8, 4) is 0 Å². The largest absolute Gasteiger partial charge is 0.481 e. The van der Waals surface area contributed by atoms with Crippen molar-refractivity contribution in [3.05, 3.63) is 71.0 Å². The molecular formula is C19H21ClFNO2. The Morgan fingerprint density at radius 3 is 2.33 bits per heavy atom. The van der Waals surface area contributed by atoms with Crippen LogP contribution >= 0.6 is 12.4 Å². The summed E-state index contributed by atoms with van der Waals surface area (Å²) in [5.74, 6) is -1.40. The van der Waals surface area contributed by atoms with E-state index in [1.165, 1.54) is 6.07 Å². The predicted molar refractivity (Wildman–Crippen MR) is 95.8 cm³/mol. The number of hydrogen-bond donors (Lipinski definition) is 2. The third kappa shape index (κ3) is 5.17. The molecule has 5 heteroatoms. The van der Waals surface area contributed by atoms with Crippen LogP contribution in [-0.4, -0.2) is 16.8 Å². The van der Waals surface area contributed by atoms with Crippen molar-refractivity contribution in [1.82, 2.24) is 0 Å². The van der Waals surface area contributed by atoms with E-state index in [4.69, 9.17) is 10.5 Å². The summed E-state index contributed by atoms with van der Waals surface area (Å²) in [6, 6.07) is 14.0. The Kier molecular flexibility index (Phi) is 7.59. The van der Waals surface area contributed by atoms with E-state index in [0.29, 0.717) is 24.1 Å². The van der Waals surface area contributed by atoms with Crippen molar-refractivity contribution in [3.63, 3.8) is 0 Å². The molecule has 2 N–H and O–H groups in total. The van der Waals surface area contributed by atoms with Crippen LogP contribution < -0.4 is 0 Å². The molecular weight excluding hydrogens is 329 g/mol. The van der Waals surface area contributed by atoms with Crippen LogP contribution in [0.3, 0.4) is 0 Å². The van der Waals surface area contributed by atoms with E-state index in [2.05, 4.69) is 0 Å². The molecule has 0 amide bonds. The lowest BCUT2D eigenvalue weighted by molar-refractivity contribution is -0.137. The molecule has 0 radical (unpaired) electrons. The van der Waals surface area contributed by atoms with Gasteiger partial charge < -0.3 is 10.5 Å². The Morgan fingerprint density at radius 1 is 1.17 bits per heavy atom. The Morgan fingerprint density at radius 2 is 1.79 bits per heavy atom. The SMILES string of the molecule is CC[C@@H](CC(=O)O)C(=N)c1ccc(Cc2ccccc2F)cc1.Cl. The van der Waals surface area contributed by atoms with Crippen molar-refractivity contribution in [2.75, 3.05) is 0 Å². The standard InChI is InChI=1S/C19H20FNO2.ClH/c1-2-14(12-18(22)23)19(21)15-9-7-13(8-10-15)11-16-5-3-4-6-17(16)20;/h3-10,14,21H,2,11-12H2,1H3,(H,22,23);1H/t14-;/m0./s1. The number of carboxylic acids is 1. The molecule has 0 spiro atoms. The van der Waals surface area contributed by atoms with Crippen molar-refractivity contribution in [2.24, 2.45) is 5.92 Å². The van der Waals surface area contributed by atoms with Gasteiger partial charge in [-0.25, -0.2) is 4.39 Å². The minimum absolute atomic E-state index is 0. The van der Waals surface area contributed by atoms with E-state index in [1.54, 1.807) is 18.2 Å². The molecule has 0 saturated heterocycles. The topological polar surface area (TPSA) is 61.1 Å². The lowest BCUT2D eigenvalue weighted by atomic mass is 9.91. The molecule has 2 aromatic carbocycles. The molecule has 3 nitrogen and oxygen atoms in total. The minimum atomic E-state index is -0.891. The molecule has 0 unspecified atom stereocenters. The summed E-state index contributed by atoms with van der Waals surface area (Å²) in [7, 11) is 0. The Balaban J connectivity index is 0.00000288. The summed E-state index contributed by atoms with van der Waals surface area (Å²) < 4.78 is 13.7. The zero-order valence-corrected chi connectivity index (χ0v) is 14.3. The summed E-state index contributed by atoms with van der Waals surface area (Å²) >= 11 is 0. The van der Waals surface area contributed by atoms with Crippen LogP contribution in [0, 0.1) is 17.1 Å². The van der Waals surface area contributed by atoms with Crippen molar-refractivity contribution >= 4 is 24.1 Å². The zero-order chi connectivity index (χ0) is 16.8. The first-order valence-corrected chi connectivity index (χ1v) is 7.64. The second-order valence-corrected chi connectivity index (χ2v) is 5.58. The van der Waals surface area contributed by atoms with E-state index in [1.807, 2.05) is 31.2 Å². The molecule has 0 aliphatic heterocycles. The Bertz CT molecular complexity index is 701. The lowest BCUT2D eigenvalue weighted by Gasteiger charge is -2.14. The first kappa shape index (κ1) is 19.8. The van der Waals surface area contributed by atoms with Crippen LogP contribution in [0.4, 0.5) is 4.39 Å². The van der Waals surface area contributed by atoms with E-state index in [-0.39, 0.29) is 30.6 Å². The third-order valence-corrected chi connectivity index (χ3v) is 3.94. The number of halogens is 2. The van der Waals surface area contributed by atoms with Gasteiger partial charge in [-0.3, -0.25) is 4.79 Å². The Hall–Kier alpha value is -2.20. The van der Waals surface area contributed by atoms with Crippen LogP contribution in [0.25, 0.3) is 0 Å². The summed E-state index contributed by atoms with van der Waals surface area (Å²) in [6.07, 6.45) is 1.07. The number of rotatable bonds is 7. The molecule has 0 bridgehead atoms. The molecule has 0 fully saturated rings. The molecule has 24 heavy (non-hydrogen) atoms. The summed E-state index contributed by atoms with van der Waals surface area (Å²) in [4.78, 5) is 10.9. The van der Waals surface area contributed by atoms with Crippen LogP contribution in [0.5, 0.6) is 0 Å². The molecule has 0 saturated carbocycles. The van der Waals surface area contributed by atoms with E-state index >= 15 is 0 Å². The number of nitrogens with one attached hydrogen (secondary N) is 1. The highest BCUT2D eigenvalue weighted by Gasteiger charge is 2.17. The second kappa shape index (κ2) is 9.18. The number of carbonyl (C=O) groups is 1. The van der Waals surface area contributed by atoms with Crippen LogP contribution in [0.15, 0.2) is 48.5 Å². The first-order valence-electron chi connectivity index (χ1n) is 7.64. The van der Waals surface area contributed by atoms with Gasteiger partial charge in [-0.1, -0.05) is 49.4 Å². The zero-order valence-electron chi connectivity index (χ0n) is 13.5. The van der Waals surface area contributed by atoms with E-state index < -0.39 is 5.97 Å². The molecule has 2 rings (SSSR count). The minimum Gasteiger partial charge on any atom is -0.481 e. The highest BCUT2D eigenvalue weighted by molar-refractivity contribution is 6.01. The van der Waals surface area contributed by atoms with Gasteiger partial charge in [0.2, 0.25) is 0 Å². The van der Waals surface area contributed by atoms with Crippen LogP contribution in [0.1, 0.15) is 36.5 Å². The average molecular weight is 350 g/mol. The maximum atomic E-state index is 13.7. The van der Waals surface area contributed by atoms with Gasteiger partial charge in [0.15, 0.2) is 0 Å². The smallest absolute Gasteiger partial charge is 0.304 e. The summed E-state index contributed by atoms with van der Waals surface area (Å²) in [5.41, 5.74) is 2.65. The first-order chi connectivity index (χ1) is 11.0. The fourth-order valence-electron chi connectivity index (χ4n) is 2.56. The van der Waals surface area contributed by atoms with Crippen LogP contribution in [0.2, 0.25) is 0 Å². The van der Waals surface area contributed by atoms with Gasteiger partial charge in [0, 0.05) is 18.1 Å². The summed E-state index contributed by atoms with van der Waals surface area (Å²) in [6.45, 7) is 1.88. The number of aliphatic carboxylic acids is 1. The maximum Gasteiger partial charge on any atom is 0.304 e. The van der Waals surface area contributed by atoms with Crippen molar-refractivity contribution < 1.29 is 14.3 Å². The molecule has 0 aromatic heterocycles. The van der Waals surface area contributed by atoms with Gasteiger partial charge >= 0.3 is 5.97 Å². The van der Waals surface area contributed by atoms with Crippen molar-refractivity contribution in [1.29, 1.82) is 5.41 Å². The van der Waals surface area contributed by atoms with Gasteiger partial charge in [-0.05, 0) is 29.2 Å².